The number of carbonyl (C=O) groups is 1. The Kier molecular flexibility index (Phi) is 3.03. The highest BCUT2D eigenvalue weighted by molar-refractivity contribution is 5.81. The van der Waals surface area contributed by atoms with Crippen molar-refractivity contribution in [2.45, 2.75) is 26.3 Å². The molecule has 0 atom stereocenters. The van der Waals surface area contributed by atoms with Gasteiger partial charge in [0.2, 0.25) is 17.7 Å². The number of aryl methyl sites for hydroxylation is 1. The van der Waals surface area contributed by atoms with Gasteiger partial charge in [0.1, 0.15) is 0 Å². The van der Waals surface area contributed by atoms with Gasteiger partial charge in [-0.1, -0.05) is 0 Å². The van der Waals surface area contributed by atoms with Crippen LogP contribution in [0.1, 0.15) is 24.6 Å². The maximum absolute atomic E-state index is 11.9. The summed E-state index contributed by atoms with van der Waals surface area (Å²) in [5, 5.41) is 7.81. The van der Waals surface area contributed by atoms with Crippen molar-refractivity contribution in [1.29, 1.82) is 0 Å². The fraction of sp³-hybridized carbons (Fsp3) is 0.750. The Balaban J connectivity index is 1.49. The molecule has 3 rings (SSSR count). The van der Waals surface area contributed by atoms with E-state index < -0.39 is 0 Å². The number of aromatic nitrogens is 2. The van der Waals surface area contributed by atoms with E-state index in [2.05, 4.69) is 15.1 Å². The van der Waals surface area contributed by atoms with Gasteiger partial charge in [0.25, 0.3) is 0 Å². The molecule has 1 aromatic heterocycles. The first-order valence-electron chi connectivity index (χ1n) is 6.52. The predicted molar refractivity (Wildman–Crippen MR) is 63.6 cm³/mol. The lowest BCUT2D eigenvalue weighted by molar-refractivity contribution is -0.134. The van der Waals surface area contributed by atoms with Crippen LogP contribution in [0, 0.1) is 12.8 Å². The number of piperazine rings is 1. The van der Waals surface area contributed by atoms with Crippen LogP contribution >= 0.6 is 0 Å². The van der Waals surface area contributed by atoms with Crippen LogP contribution in [0.3, 0.4) is 0 Å². The summed E-state index contributed by atoms with van der Waals surface area (Å²) in [6.45, 7) is 5.90. The van der Waals surface area contributed by atoms with Crippen LogP contribution in [-0.4, -0.2) is 52.1 Å². The van der Waals surface area contributed by atoms with Gasteiger partial charge in [-0.3, -0.25) is 9.69 Å². The van der Waals surface area contributed by atoms with Crippen molar-refractivity contribution >= 4 is 5.91 Å². The number of carbonyl (C=O) groups excluding carboxylic acids is 1. The lowest BCUT2D eigenvalue weighted by Gasteiger charge is -2.34. The van der Waals surface area contributed by atoms with Crippen molar-refractivity contribution in [1.82, 2.24) is 20.0 Å². The molecule has 1 aliphatic carbocycles. The molecule has 2 fully saturated rings. The highest BCUT2D eigenvalue weighted by Crippen LogP contribution is 2.31. The fourth-order valence-electron chi connectivity index (χ4n) is 2.31. The van der Waals surface area contributed by atoms with E-state index in [1.165, 1.54) is 0 Å². The average molecular weight is 250 g/mol. The molecule has 18 heavy (non-hydrogen) atoms. The quantitative estimate of drug-likeness (QED) is 0.778. The molecule has 0 radical (unpaired) electrons. The summed E-state index contributed by atoms with van der Waals surface area (Å²) in [6.07, 6.45) is 2.17. The lowest BCUT2D eigenvalue weighted by atomic mass is 10.2. The molecule has 0 N–H and O–H groups in total. The van der Waals surface area contributed by atoms with E-state index in [9.17, 15) is 4.79 Å². The monoisotopic (exact) mass is 250 g/mol. The molecule has 1 saturated heterocycles. The lowest BCUT2D eigenvalue weighted by Crippen LogP contribution is -2.48. The Morgan fingerprint density at radius 2 is 2.00 bits per heavy atom. The summed E-state index contributed by atoms with van der Waals surface area (Å²) in [5.74, 6) is 1.94. The number of rotatable bonds is 3. The molecular weight excluding hydrogens is 232 g/mol. The zero-order valence-corrected chi connectivity index (χ0v) is 10.6. The van der Waals surface area contributed by atoms with Crippen molar-refractivity contribution < 1.29 is 9.21 Å². The molecule has 1 aliphatic heterocycles. The van der Waals surface area contributed by atoms with Gasteiger partial charge in [-0.2, -0.15) is 0 Å². The van der Waals surface area contributed by atoms with Gasteiger partial charge in [-0.15, -0.1) is 10.2 Å². The molecule has 6 heteroatoms. The first-order chi connectivity index (χ1) is 8.72. The van der Waals surface area contributed by atoms with E-state index in [4.69, 9.17) is 4.42 Å². The Morgan fingerprint density at radius 3 is 2.56 bits per heavy atom. The van der Waals surface area contributed by atoms with Crippen LogP contribution in [-0.2, 0) is 11.3 Å². The minimum absolute atomic E-state index is 0.329. The minimum atomic E-state index is 0.329. The first-order valence-corrected chi connectivity index (χ1v) is 6.52. The molecule has 2 heterocycles. The molecule has 0 bridgehead atoms. The Labute approximate surface area is 106 Å². The van der Waals surface area contributed by atoms with Gasteiger partial charge < -0.3 is 9.32 Å². The number of hydrogen-bond donors (Lipinski definition) is 0. The van der Waals surface area contributed by atoms with Gasteiger partial charge in [-0.05, 0) is 12.8 Å². The normalized spacial score (nSPS) is 21.3. The molecule has 98 valence electrons. The van der Waals surface area contributed by atoms with Gasteiger partial charge >= 0.3 is 0 Å². The van der Waals surface area contributed by atoms with E-state index in [-0.39, 0.29) is 0 Å². The van der Waals surface area contributed by atoms with Gasteiger partial charge in [0.05, 0.1) is 6.54 Å². The molecule has 1 saturated carbocycles. The largest absolute Gasteiger partial charge is 0.424 e. The van der Waals surface area contributed by atoms with Crippen molar-refractivity contribution in [3.05, 3.63) is 11.8 Å². The van der Waals surface area contributed by atoms with E-state index >= 15 is 0 Å². The summed E-state index contributed by atoms with van der Waals surface area (Å²) < 4.78 is 5.36. The molecule has 6 nitrogen and oxygen atoms in total. The Morgan fingerprint density at radius 1 is 1.28 bits per heavy atom. The number of amides is 1. The van der Waals surface area contributed by atoms with E-state index in [0.717, 1.165) is 39.0 Å². The maximum Gasteiger partial charge on any atom is 0.230 e. The third-order valence-electron chi connectivity index (χ3n) is 3.54. The highest BCUT2D eigenvalue weighted by atomic mass is 16.4. The predicted octanol–water partition coefficient (Wildman–Crippen LogP) is 0.432. The van der Waals surface area contributed by atoms with Crippen LogP contribution < -0.4 is 0 Å². The maximum atomic E-state index is 11.9. The number of nitrogens with zero attached hydrogens (tertiary/aromatic N) is 4. The topological polar surface area (TPSA) is 62.5 Å². The summed E-state index contributed by atoms with van der Waals surface area (Å²) in [6, 6.07) is 0. The van der Waals surface area contributed by atoms with Crippen LogP contribution in [0.5, 0.6) is 0 Å². The first kappa shape index (κ1) is 11.6. The van der Waals surface area contributed by atoms with Crippen molar-refractivity contribution in [3.8, 4) is 0 Å². The molecule has 0 aromatic carbocycles. The standard InChI is InChI=1S/C12H18N4O2/c1-9-13-14-11(18-9)8-15-4-6-16(7-5-15)12(17)10-2-3-10/h10H,2-8H2,1H3. The molecule has 1 aromatic rings. The Bertz CT molecular complexity index is 433. The van der Waals surface area contributed by atoms with Crippen LogP contribution in [0.2, 0.25) is 0 Å². The second-order valence-electron chi connectivity index (χ2n) is 5.09. The van der Waals surface area contributed by atoms with Crippen LogP contribution in [0.4, 0.5) is 0 Å². The van der Waals surface area contributed by atoms with Crippen LogP contribution in [0.15, 0.2) is 4.42 Å². The van der Waals surface area contributed by atoms with E-state index in [0.29, 0.717) is 30.2 Å². The molecule has 0 spiro atoms. The fourth-order valence-corrected chi connectivity index (χ4v) is 2.31. The molecular formula is C12H18N4O2. The summed E-state index contributed by atoms with van der Waals surface area (Å²) >= 11 is 0. The van der Waals surface area contributed by atoms with Gasteiger partial charge in [0, 0.05) is 39.0 Å². The van der Waals surface area contributed by atoms with Crippen molar-refractivity contribution in [2.75, 3.05) is 26.2 Å². The summed E-state index contributed by atoms with van der Waals surface area (Å²) in [7, 11) is 0. The smallest absolute Gasteiger partial charge is 0.230 e. The van der Waals surface area contributed by atoms with Crippen molar-refractivity contribution in [3.63, 3.8) is 0 Å². The van der Waals surface area contributed by atoms with Gasteiger partial charge in [-0.25, -0.2) is 0 Å². The number of hydrogen-bond acceptors (Lipinski definition) is 5. The van der Waals surface area contributed by atoms with Crippen LogP contribution in [0.25, 0.3) is 0 Å². The Hall–Kier alpha value is -1.43. The third-order valence-corrected chi connectivity index (χ3v) is 3.54. The summed E-state index contributed by atoms with van der Waals surface area (Å²) in [4.78, 5) is 16.1. The van der Waals surface area contributed by atoms with Crippen molar-refractivity contribution in [2.24, 2.45) is 5.92 Å². The summed E-state index contributed by atoms with van der Waals surface area (Å²) in [5.41, 5.74) is 0. The van der Waals surface area contributed by atoms with E-state index in [1.54, 1.807) is 6.92 Å². The second-order valence-corrected chi connectivity index (χ2v) is 5.09. The van der Waals surface area contributed by atoms with Gasteiger partial charge in [0.15, 0.2) is 0 Å². The van der Waals surface area contributed by atoms with E-state index in [1.807, 2.05) is 4.90 Å². The SMILES string of the molecule is Cc1nnc(CN2CCN(C(=O)C3CC3)CC2)o1. The highest BCUT2D eigenvalue weighted by Gasteiger charge is 2.34. The molecule has 0 unspecified atom stereocenters. The second kappa shape index (κ2) is 4.68. The molecule has 2 aliphatic rings. The third kappa shape index (κ3) is 2.53. The average Bonchev–Trinajstić information content (AvgIpc) is 3.14. The zero-order chi connectivity index (χ0) is 12.5. The zero-order valence-electron chi connectivity index (χ0n) is 10.6. The molecule has 1 amide bonds. The minimum Gasteiger partial charge on any atom is -0.424 e.